The first-order valence-corrected chi connectivity index (χ1v) is 5.04. The molecule has 2 aromatic rings. The van der Waals surface area contributed by atoms with Crippen molar-refractivity contribution >= 4 is 59.9 Å². The number of hydrogen-bond acceptors (Lipinski definition) is 2. The van der Waals surface area contributed by atoms with E-state index in [0.29, 0.717) is 11.4 Å². The Hall–Kier alpha value is -1.83. The molecule has 0 radical (unpaired) electrons. The molecule has 0 heterocycles. The number of nitrogens with two attached hydrogens (primary N) is 2. The summed E-state index contributed by atoms with van der Waals surface area (Å²) in [6, 6.07) is 7.72. The van der Waals surface area contributed by atoms with E-state index in [-0.39, 0.29) is 0 Å². The van der Waals surface area contributed by atoms with Gasteiger partial charge in [0.05, 0.1) is 0 Å². The zero-order valence-electron chi connectivity index (χ0n) is 9.03. The molecule has 16 heavy (non-hydrogen) atoms. The van der Waals surface area contributed by atoms with E-state index in [1.807, 2.05) is 24.3 Å². The molecule has 0 atom stereocenters. The number of nitrogen functional groups attached to an aromatic ring is 2. The summed E-state index contributed by atoms with van der Waals surface area (Å²) in [6.45, 7) is 11.1. The Bertz CT molecular complexity index is 591. The Morgan fingerprint density at radius 3 is 2.31 bits per heavy atom. The minimum absolute atomic E-state index is 0.675. The average molecular weight is 206 g/mol. The van der Waals surface area contributed by atoms with Gasteiger partial charge in [-0.05, 0) is 0 Å². The van der Waals surface area contributed by atoms with Crippen molar-refractivity contribution in [3.05, 3.63) is 24.3 Å². The summed E-state index contributed by atoms with van der Waals surface area (Å²) in [5, 5.41) is 1.91. The topological polar surface area (TPSA) is 52.0 Å². The van der Waals surface area contributed by atoms with Gasteiger partial charge in [-0.25, -0.2) is 0 Å². The predicted molar refractivity (Wildman–Crippen MR) is 77.8 cm³/mol. The number of benzene rings is 2. The molecule has 0 saturated heterocycles. The van der Waals surface area contributed by atoms with Crippen LogP contribution in [0.1, 0.15) is 0 Å². The second-order valence-corrected chi connectivity index (χ2v) is 3.65. The van der Waals surface area contributed by atoms with Crippen LogP contribution in [0, 0.1) is 0 Å². The van der Waals surface area contributed by atoms with E-state index < -0.39 is 0 Å². The summed E-state index contributed by atoms with van der Waals surface area (Å²) in [4.78, 5) is 0. The third-order valence-electron chi connectivity index (χ3n) is 2.74. The molecule has 0 spiro atoms. The first-order valence-electron chi connectivity index (χ1n) is 5.04. The first kappa shape index (κ1) is 10.7. The van der Waals surface area contributed by atoms with Gasteiger partial charge in [-0.15, -0.1) is 0 Å². The van der Waals surface area contributed by atoms with Gasteiger partial charge in [0.25, 0.3) is 0 Å². The third-order valence-corrected chi connectivity index (χ3v) is 2.74. The molecule has 0 bridgehead atoms. The molecule has 0 aromatic heterocycles. The van der Waals surface area contributed by atoms with Gasteiger partial charge in [0.2, 0.25) is 0 Å². The molecule has 2 rings (SSSR count). The van der Waals surface area contributed by atoms with Crippen molar-refractivity contribution in [1.82, 2.24) is 0 Å². The Balaban J connectivity index is 3.03. The molecule has 0 amide bonds. The van der Waals surface area contributed by atoms with Crippen LogP contribution < -0.4 is 22.4 Å². The SMILES string of the molecule is C=Bc1cc(B=C)c2cccc(N)c2c1N. The second-order valence-electron chi connectivity index (χ2n) is 3.65. The van der Waals surface area contributed by atoms with E-state index in [9.17, 15) is 0 Å². The van der Waals surface area contributed by atoms with Gasteiger partial charge < -0.3 is 0 Å². The number of anilines is 2. The fourth-order valence-corrected chi connectivity index (χ4v) is 1.92. The molecule has 4 N–H and O–H groups in total. The van der Waals surface area contributed by atoms with Crippen LogP contribution in [0.5, 0.6) is 0 Å². The monoisotopic (exact) mass is 206 g/mol. The summed E-state index contributed by atoms with van der Waals surface area (Å²) < 4.78 is 0. The molecular formula is C12H12B2N2. The van der Waals surface area contributed by atoms with Gasteiger partial charge in [-0.2, -0.15) is 0 Å². The van der Waals surface area contributed by atoms with Crippen LogP contribution in [-0.4, -0.2) is 26.8 Å². The second kappa shape index (κ2) is 3.97. The summed E-state index contributed by atoms with van der Waals surface area (Å²) in [5.41, 5.74) is 15.3. The quantitative estimate of drug-likeness (QED) is 0.515. The summed E-state index contributed by atoms with van der Waals surface area (Å²) in [6.07, 6.45) is 0. The Morgan fingerprint density at radius 1 is 1.00 bits per heavy atom. The van der Waals surface area contributed by atoms with Crippen molar-refractivity contribution < 1.29 is 0 Å². The Kier molecular flexibility index (Phi) is 2.65. The zero-order valence-corrected chi connectivity index (χ0v) is 9.03. The normalized spacial score (nSPS) is 9.75. The molecular weight excluding hydrogens is 194 g/mol. The van der Waals surface area contributed by atoms with Crippen LogP contribution in [0.2, 0.25) is 0 Å². The van der Waals surface area contributed by atoms with Crippen LogP contribution in [0.4, 0.5) is 11.4 Å². The molecule has 0 aliphatic rings. The van der Waals surface area contributed by atoms with Crippen molar-refractivity contribution in [2.75, 3.05) is 11.5 Å². The van der Waals surface area contributed by atoms with Gasteiger partial charge >= 0.3 is 95.6 Å². The maximum absolute atomic E-state index is 6.07. The summed E-state index contributed by atoms with van der Waals surface area (Å²) in [7, 11) is 0. The first-order chi connectivity index (χ1) is 7.69. The maximum atomic E-state index is 6.07. The van der Waals surface area contributed by atoms with E-state index in [0.717, 1.165) is 21.7 Å². The van der Waals surface area contributed by atoms with Crippen LogP contribution in [0.25, 0.3) is 10.8 Å². The minimum atomic E-state index is 0.675. The van der Waals surface area contributed by atoms with E-state index in [1.54, 1.807) is 13.8 Å². The van der Waals surface area contributed by atoms with Gasteiger partial charge in [0.15, 0.2) is 0 Å². The molecule has 76 valence electrons. The molecule has 4 heteroatoms. The van der Waals surface area contributed by atoms with Gasteiger partial charge in [0, 0.05) is 0 Å². The molecule has 0 aliphatic heterocycles. The molecule has 0 unspecified atom stereocenters. The molecule has 0 aliphatic carbocycles. The van der Waals surface area contributed by atoms with Crippen molar-refractivity contribution in [1.29, 1.82) is 0 Å². The predicted octanol–water partition coefficient (Wildman–Crippen LogP) is -0.473. The fourth-order valence-electron chi connectivity index (χ4n) is 1.92. The number of rotatable bonds is 2. The average Bonchev–Trinajstić information content (AvgIpc) is 2.30. The van der Waals surface area contributed by atoms with Crippen LogP contribution in [0.15, 0.2) is 24.3 Å². The van der Waals surface area contributed by atoms with E-state index in [4.69, 9.17) is 11.5 Å². The standard InChI is InChI=1S/C12H12B2N2/c1-13-8-6-9(14-2)12(16)11-7(8)4-3-5-10(11)15/h3-6H,1-2,15-16H2. The van der Waals surface area contributed by atoms with Crippen LogP contribution >= 0.6 is 0 Å². The van der Waals surface area contributed by atoms with Crippen LogP contribution in [0.3, 0.4) is 0 Å². The molecule has 0 fully saturated rings. The van der Waals surface area contributed by atoms with E-state index in [2.05, 4.69) is 12.9 Å². The molecule has 2 nitrogen and oxygen atoms in total. The van der Waals surface area contributed by atoms with Crippen molar-refractivity contribution in [2.24, 2.45) is 0 Å². The van der Waals surface area contributed by atoms with Crippen molar-refractivity contribution in [3.63, 3.8) is 0 Å². The van der Waals surface area contributed by atoms with Crippen LogP contribution in [-0.2, 0) is 0 Å². The van der Waals surface area contributed by atoms with Gasteiger partial charge in [-0.3, -0.25) is 0 Å². The number of fused-ring (bicyclic) bond motifs is 1. The third kappa shape index (κ3) is 1.47. The van der Waals surface area contributed by atoms with Gasteiger partial charge in [-0.1, -0.05) is 0 Å². The van der Waals surface area contributed by atoms with E-state index in [1.165, 1.54) is 0 Å². The molecule has 0 saturated carbocycles. The zero-order chi connectivity index (χ0) is 11.7. The number of hydrogen-bond donors (Lipinski definition) is 2. The van der Waals surface area contributed by atoms with Crippen molar-refractivity contribution in [3.8, 4) is 0 Å². The Labute approximate surface area is 96.1 Å². The van der Waals surface area contributed by atoms with Crippen molar-refractivity contribution in [2.45, 2.75) is 0 Å². The summed E-state index contributed by atoms with van der Waals surface area (Å²) >= 11 is 0. The van der Waals surface area contributed by atoms with E-state index >= 15 is 0 Å². The van der Waals surface area contributed by atoms with Gasteiger partial charge in [0.1, 0.15) is 0 Å². The Morgan fingerprint density at radius 2 is 1.69 bits per heavy atom. The summed E-state index contributed by atoms with van der Waals surface area (Å²) in [5.74, 6) is 0. The fraction of sp³-hybridized carbons (Fsp3) is 0. The molecule has 2 aromatic carbocycles.